The second-order valence-electron chi connectivity index (χ2n) is 2.23. The lowest BCUT2D eigenvalue weighted by Gasteiger charge is -2.07. The van der Waals surface area contributed by atoms with Crippen molar-refractivity contribution in [2.45, 2.75) is 6.17 Å². The Labute approximate surface area is 83.1 Å². The Bertz CT molecular complexity index is 282. The van der Waals surface area contributed by atoms with Gasteiger partial charge in [-0.05, 0) is 22.0 Å². The molecule has 0 spiro atoms. The van der Waals surface area contributed by atoms with E-state index in [9.17, 15) is 4.39 Å². The molecule has 1 aromatic rings. The van der Waals surface area contributed by atoms with E-state index in [1.807, 2.05) is 0 Å². The van der Waals surface area contributed by atoms with Crippen LogP contribution in [0.2, 0.25) is 5.15 Å². The Morgan fingerprint density at radius 1 is 1.75 bits per heavy atom. The highest BCUT2D eigenvalue weighted by Gasteiger charge is 2.11. The molecule has 66 valence electrons. The fourth-order valence-electron chi connectivity index (χ4n) is 0.794. The lowest BCUT2D eigenvalue weighted by molar-refractivity contribution is 0.351. The van der Waals surface area contributed by atoms with Crippen LogP contribution in [0.5, 0.6) is 0 Å². The summed E-state index contributed by atoms with van der Waals surface area (Å²) < 4.78 is 13.7. The molecule has 1 atom stereocenters. The first-order chi connectivity index (χ1) is 5.65. The van der Waals surface area contributed by atoms with Crippen LogP contribution in [0.4, 0.5) is 4.39 Å². The molecule has 0 aliphatic heterocycles. The van der Waals surface area contributed by atoms with Gasteiger partial charge in [-0.3, -0.25) is 0 Å². The van der Waals surface area contributed by atoms with E-state index in [4.69, 9.17) is 17.3 Å². The van der Waals surface area contributed by atoms with Gasteiger partial charge in [0.2, 0.25) is 0 Å². The zero-order chi connectivity index (χ0) is 9.14. The summed E-state index contributed by atoms with van der Waals surface area (Å²) in [6.07, 6.45) is 0.264. The normalized spacial score (nSPS) is 13.0. The number of hydrogen-bond acceptors (Lipinski definition) is 2. The number of alkyl halides is 1. The summed E-state index contributed by atoms with van der Waals surface area (Å²) in [5.41, 5.74) is 5.61. The Kier molecular flexibility index (Phi) is 3.43. The van der Waals surface area contributed by atoms with Gasteiger partial charge >= 0.3 is 0 Å². The molecular formula is C7H7BrClFN2. The maximum atomic E-state index is 13.1. The van der Waals surface area contributed by atoms with E-state index < -0.39 is 6.17 Å². The van der Waals surface area contributed by atoms with Gasteiger partial charge in [-0.2, -0.15) is 0 Å². The summed E-state index contributed by atoms with van der Waals surface area (Å²) in [5, 5.41) is 0.268. The fourth-order valence-corrected chi connectivity index (χ4v) is 1.43. The number of hydrogen-bond donors (Lipinski definition) is 1. The third kappa shape index (κ3) is 2.15. The van der Waals surface area contributed by atoms with Gasteiger partial charge in [0.1, 0.15) is 11.3 Å². The van der Waals surface area contributed by atoms with Crippen LogP contribution < -0.4 is 5.73 Å². The van der Waals surface area contributed by atoms with Crippen molar-refractivity contribution in [3.63, 3.8) is 0 Å². The second kappa shape index (κ2) is 4.16. The first-order valence-corrected chi connectivity index (χ1v) is 4.47. The largest absolute Gasteiger partial charge is 0.327 e. The molecule has 2 nitrogen and oxygen atoms in total. The van der Waals surface area contributed by atoms with Crippen LogP contribution >= 0.6 is 27.5 Å². The zero-order valence-corrected chi connectivity index (χ0v) is 8.44. The maximum Gasteiger partial charge on any atom is 0.139 e. The molecule has 1 aromatic heterocycles. The van der Waals surface area contributed by atoms with Crippen molar-refractivity contribution in [1.29, 1.82) is 0 Å². The molecule has 0 saturated heterocycles. The standard InChI is InChI=1S/C7H7BrClFN2/c8-5-3-12-7(9)1-4(5)6(10)2-11/h1,3,6H,2,11H2. The molecule has 1 heterocycles. The average Bonchev–Trinajstić information content (AvgIpc) is 2.08. The van der Waals surface area contributed by atoms with E-state index in [1.54, 1.807) is 0 Å². The SMILES string of the molecule is NCC(F)c1cc(Cl)ncc1Br. The highest BCUT2D eigenvalue weighted by atomic mass is 79.9. The van der Waals surface area contributed by atoms with Crippen molar-refractivity contribution in [2.75, 3.05) is 6.54 Å². The topological polar surface area (TPSA) is 38.9 Å². The molecule has 0 aromatic carbocycles. The maximum absolute atomic E-state index is 13.1. The lowest BCUT2D eigenvalue weighted by atomic mass is 10.2. The third-order valence-electron chi connectivity index (χ3n) is 1.40. The molecule has 1 rings (SSSR count). The predicted molar refractivity (Wildman–Crippen MR) is 49.9 cm³/mol. The molecule has 0 fully saturated rings. The van der Waals surface area contributed by atoms with E-state index in [0.29, 0.717) is 10.0 Å². The summed E-state index contributed by atoms with van der Waals surface area (Å²) in [6, 6.07) is 1.46. The van der Waals surface area contributed by atoms with Crippen LogP contribution in [0.1, 0.15) is 11.7 Å². The van der Waals surface area contributed by atoms with Gasteiger partial charge in [0, 0.05) is 22.8 Å². The third-order valence-corrected chi connectivity index (χ3v) is 2.27. The Morgan fingerprint density at radius 2 is 2.42 bits per heavy atom. The molecule has 0 bridgehead atoms. The molecule has 0 radical (unpaired) electrons. The highest BCUT2D eigenvalue weighted by molar-refractivity contribution is 9.10. The summed E-state index contributed by atoms with van der Waals surface area (Å²) in [6.45, 7) is -0.0566. The highest BCUT2D eigenvalue weighted by Crippen LogP contribution is 2.26. The monoisotopic (exact) mass is 252 g/mol. The van der Waals surface area contributed by atoms with Crippen LogP contribution in [0, 0.1) is 0 Å². The van der Waals surface area contributed by atoms with Gasteiger partial charge in [0.25, 0.3) is 0 Å². The van der Waals surface area contributed by atoms with Crippen molar-refractivity contribution < 1.29 is 4.39 Å². The molecule has 2 N–H and O–H groups in total. The van der Waals surface area contributed by atoms with Gasteiger partial charge in [-0.15, -0.1) is 0 Å². The van der Waals surface area contributed by atoms with E-state index >= 15 is 0 Å². The minimum atomic E-state index is -1.19. The summed E-state index contributed by atoms with van der Waals surface area (Å²) >= 11 is 8.73. The Balaban J connectivity index is 3.04. The number of nitrogens with zero attached hydrogens (tertiary/aromatic N) is 1. The predicted octanol–water partition coefficient (Wildman–Crippen LogP) is 2.47. The number of pyridine rings is 1. The molecule has 1 unspecified atom stereocenters. The van der Waals surface area contributed by atoms with Gasteiger partial charge in [0.05, 0.1) is 0 Å². The molecule has 0 aliphatic carbocycles. The van der Waals surface area contributed by atoms with Gasteiger partial charge in [0.15, 0.2) is 0 Å². The van der Waals surface area contributed by atoms with Crippen molar-refractivity contribution in [2.24, 2.45) is 5.73 Å². The number of halogens is 3. The summed E-state index contributed by atoms with van der Waals surface area (Å²) in [7, 11) is 0. The summed E-state index contributed by atoms with van der Waals surface area (Å²) in [4.78, 5) is 3.77. The minimum Gasteiger partial charge on any atom is -0.327 e. The average molecular weight is 254 g/mol. The van der Waals surface area contributed by atoms with Crippen LogP contribution in [-0.2, 0) is 0 Å². The van der Waals surface area contributed by atoms with Gasteiger partial charge in [-0.1, -0.05) is 11.6 Å². The van der Waals surface area contributed by atoms with Gasteiger partial charge in [-0.25, -0.2) is 9.37 Å². The van der Waals surface area contributed by atoms with Crippen molar-refractivity contribution >= 4 is 27.5 Å². The van der Waals surface area contributed by atoms with Crippen molar-refractivity contribution in [3.05, 3.63) is 27.5 Å². The molecule has 0 saturated carbocycles. The zero-order valence-electron chi connectivity index (χ0n) is 6.10. The molecular weight excluding hydrogens is 246 g/mol. The Morgan fingerprint density at radius 3 is 3.00 bits per heavy atom. The van der Waals surface area contributed by atoms with E-state index in [-0.39, 0.29) is 11.7 Å². The fraction of sp³-hybridized carbons (Fsp3) is 0.286. The summed E-state index contributed by atoms with van der Waals surface area (Å²) in [5.74, 6) is 0. The number of aromatic nitrogens is 1. The number of rotatable bonds is 2. The van der Waals surface area contributed by atoms with E-state index in [0.717, 1.165) is 0 Å². The smallest absolute Gasteiger partial charge is 0.139 e. The second-order valence-corrected chi connectivity index (χ2v) is 3.47. The first-order valence-electron chi connectivity index (χ1n) is 3.30. The van der Waals surface area contributed by atoms with E-state index in [2.05, 4.69) is 20.9 Å². The lowest BCUT2D eigenvalue weighted by Crippen LogP contribution is -2.08. The first kappa shape index (κ1) is 9.89. The van der Waals surface area contributed by atoms with Crippen molar-refractivity contribution in [3.8, 4) is 0 Å². The Hall–Kier alpha value is -0.190. The molecule has 0 aliphatic rings. The molecule has 5 heteroatoms. The van der Waals surface area contributed by atoms with Crippen LogP contribution in [0.25, 0.3) is 0 Å². The number of nitrogens with two attached hydrogens (primary N) is 1. The quantitative estimate of drug-likeness (QED) is 0.822. The van der Waals surface area contributed by atoms with Gasteiger partial charge < -0.3 is 5.73 Å². The van der Waals surface area contributed by atoms with E-state index in [1.165, 1.54) is 12.3 Å². The van der Waals surface area contributed by atoms with Crippen LogP contribution in [0.15, 0.2) is 16.7 Å². The molecule has 0 amide bonds. The van der Waals surface area contributed by atoms with Crippen molar-refractivity contribution in [1.82, 2.24) is 4.98 Å². The minimum absolute atomic E-state index is 0.0566. The van der Waals surface area contributed by atoms with Crippen LogP contribution in [-0.4, -0.2) is 11.5 Å². The molecule has 12 heavy (non-hydrogen) atoms. The van der Waals surface area contributed by atoms with Crippen LogP contribution in [0.3, 0.4) is 0 Å².